The van der Waals surface area contributed by atoms with Gasteiger partial charge in [0.2, 0.25) is 5.91 Å². The Labute approximate surface area is 173 Å². The number of carbonyl (C=O) groups is 1. The fraction of sp³-hybridized carbons (Fsp3) is 0.381. The maximum Gasteiger partial charge on any atom is 0.269 e. The van der Waals surface area contributed by atoms with E-state index < -0.39 is 4.92 Å². The highest BCUT2D eigenvalue weighted by molar-refractivity contribution is 6.31. The van der Waals surface area contributed by atoms with Crippen LogP contribution in [0.5, 0.6) is 0 Å². The summed E-state index contributed by atoms with van der Waals surface area (Å²) in [4.78, 5) is 27.4. The minimum Gasteiger partial charge on any atom is -0.311 e. The zero-order valence-electron chi connectivity index (χ0n) is 15.8. The second-order valence-electron chi connectivity index (χ2n) is 7.56. The predicted molar refractivity (Wildman–Crippen MR) is 109 cm³/mol. The number of non-ortho nitro benzene ring substituents is 1. The van der Waals surface area contributed by atoms with Gasteiger partial charge in [-0.05, 0) is 49.4 Å². The number of hydrogen-bond donors (Lipinski definition) is 0. The van der Waals surface area contributed by atoms with Crippen LogP contribution in [-0.2, 0) is 17.8 Å². The van der Waals surface area contributed by atoms with E-state index in [4.69, 9.17) is 11.6 Å². The Hall–Kier alpha value is -2.51. The molecule has 1 aliphatic carbocycles. The highest BCUT2D eigenvalue weighted by Gasteiger charge is 2.33. The molecular weight excluding hydrogens is 397 g/mol. The van der Waals surface area contributed by atoms with Crippen molar-refractivity contribution in [2.24, 2.45) is 0 Å². The van der Waals surface area contributed by atoms with Crippen LogP contribution in [0.2, 0.25) is 5.02 Å². The first-order valence-electron chi connectivity index (χ1n) is 9.68. The molecular formula is C21H21ClFN3O3. The maximum atomic E-state index is 14.2. The summed E-state index contributed by atoms with van der Waals surface area (Å²) in [6.45, 7) is 1.01. The van der Waals surface area contributed by atoms with Gasteiger partial charge in [-0.3, -0.25) is 19.8 Å². The van der Waals surface area contributed by atoms with Gasteiger partial charge in [0.1, 0.15) is 5.82 Å². The molecule has 1 fully saturated rings. The number of amides is 1. The van der Waals surface area contributed by atoms with E-state index in [0.29, 0.717) is 23.6 Å². The van der Waals surface area contributed by atoms with Gasteiger partial charge in [0.25, 0.3) is 5.69 Å². The third-order valence-electron chi connectivity index (χ3n) is 5.52. The number of fused-ring (bicyclic) bond motifs is 1. The number of anilines is 1. The lowest BCUT2D eigenvalue weighted by molar-refractivity contribution is -0.384. The zero-order chi connectivity index (χ0) is 20.5. The van der Waals surface area contributed by atoms with E-state index in [9.17, 15) is 19.3 Å². The van der Waals surface area contributed by atoms with E-state index in [-0.39, 0.29) is 36.5 Å². The van der Waals surface area contributed by atoms with Crippen LogP contribution in [0.25, 0.3) is 0 Å². The van der Waals surface area contributed by atoms with Crippen LogP contribution >= 0.6 is 11.6 Å². The van der Waals surface area contributed by atoms with Gasteiger partial charge in [-0.2, -0.15) is 0 Å². The topological polar surface area (TPSA) is 66.7 Å². The van der Waals surface area contributed by atoms with Crippen LogP contribution in [0.1, 0.15) is 30.4 Å². The largest absolute Gasteiger partial charge is 0.311 e. The van der Waals surface area contributed by atoms with Crippen LogP contribution < -0.4 is 4.90 Å². The first-order valence-corrected chi connectivity index (χ1v) is 10.1. The average molecular weight is 418 g/mol. The van der Waals surface area contributed by atoms with Gasteiger partial charge < -0.3 is 4.90 Å². The molecule has 0 unspecified atom stereocenters. The fourth-order valence-corrected chi connectivity index (χ4v) is 4.08. The standard InChI is InChI=1S/C21H21ClFN3O3/c22-18-4-1-5-19(23)17(18)12-24(15-6-7-15)13-21(27)25-10-2-3-14-11-16(26(28)29)8-9-20(14)25/h1,4-5,8-9,11,15H,2-3,6-7,10,12-13H2. The molecule has 4 rings (SSSR count). The highest BCUT2D eigenvalue weighted by atomic mass is 35.5. The molecule has 0 N–H and O–H groups in total. The fourth-order valence-electron chi connectivity index (χ4n) is 3.86. The van der Waals surface area contributed by atoms with E-state index in [1.807, 2.05) is 4.90 Å². The Morgan fingerprint density at radius 1 is 1.31 bits per heavy atom. The number of benzene rings is 2. The summed E-state index contributed by atoms with van der Waals surface area (Å²) in [6.07, 6.45) is 3.41. The number of aryl methyl sites for hydroxylation is 1. The van der Waals surface area contributed by atoms with Crippen LogP contribution in [0.4, 0.5) is 15.8 Å². The van der Waals surface area contributed by atoms with E-state index in [1.54, 1.807) is 29.2 Å². The van der Waals surface area contributed by atoms with Gasteiger partial charge >= 0.3 is 0 Å². The Bertz CT molecular complexity index is 944. The molecule has 2 aliphatic rings. The molecule has 1 aliphatic heterocycles. The average Bonchev–Trinajstić information content (AvgIpc) is 3.54. The molecule has 2 aromatic rings. The van der Waals surface area contributed by atoms with Crippen molar-refractivity contribution in [1.29, 1.82) is 0 Å². The number of nitrogens with zero attached hydrogens (tertiary/aromatic N) is 3. The first-order chi connectivity index (χ1) is 13.9. The molecule has 0 spiro atoms. The smallest absolute Gasteiger partial charge is 0.269 e. The summed E-state index contributed by atoms with van der Waals surface area (Å²) >= 11 is 6.17. The number of rotatable bonds is 6. The summed E-state index contributed by atoms with van der Waals surface area (Å²) in [5.41, 5.74) is 1.98. The molecule has 1 saturated carbocycles. The molecule has 152 valence electrons. The Kier molecular flexibility index (Phi) is 5.52. The molecule has 1 amide bonds. The van der Waals surface area contributed by atoms with Crippen molar-refractivity contribution in [2.75, 3.05) is 18.0 Å². The van der Waals surface area contributed by atoms with Crippen molar-refractivity contribution in [3.05, 3.63) is 68.5 Å². The quantitative estimate of drug-likeness (QED) is 0.518. The van der Waals surface area contributed by atoms with Crippen molar-refractivity contribution >= 4 is 28.9 Å². The van der Waals surface area contributed by atoms with Crippen molar-refractivity contribution in [3.8, 4) is 0 Å². The number of carbonyl (C=O) groups excluding carboxylic acids is 1. The molecule has 8 heteroatoms. The van der Waals surface area contributed by atoms with Gasteiger partial charge in [-0.25, -0.2) is 4.39 Å². The monoisotopic (exact) mass is 417 g/mol. The summed E-state index contributed by atoms with van der Waals surface area (Å²) in [6, 6.07) is 9.48. The zero-order valence-corrected chi connectivity index (χ0v) is 16.6. The lowest BCUT2D eigenvalue weighted by Gasteiger charge is -2.32. The lowest BCUT2D eigenvalue weighted by atomic mass is 10.0. The number of nitro groups is 1. The highest BCUT2D eigenvalue weighted by Crippen LogP contribution is 2.33. The van der Waals surface area contributed by atoms with Crippen molar-refractivity contribution in [1.82, 2.24) is 4.90 Å². The van der Waals surface area contributed by atoms with Gasteiger partial charge in [-0.15, -0.1) is 0 Å². The van der Waals surface area contributed by atoms with E-state index in [2.05, 4.69) is 0 Å². The summed E-state index contributed by atoms with van der Waals surface area (Å²) in [7, 11) is 0. The van der Waals surface area contributed by atoms with Gasteiger partial charge in [-0.1, -0.05) is 17.7 Å². The molecule has 0 bridgehead atoms. The minimum absolute atomic E-state index is 0.0341. The Morgan fingerprint density at radius 3 is 2.79 bits per heavy atom. The molecule has 0 saturated heterocycles. The number of hydrogen-bond acceptors (Lipinski definition) is 4. The first kappa shape index (κ1) is 19.8. The molecule has 0 atom stereocenters. The lowest BCUT2D eigenvalue weighted by Crippen LogP contribution is -2.43. The van der Waals surface area contributed by atoms with Crippen molar-refractivity contribution < 1.29 is 14.1 Å². The third-order valence-corrected chi connectivity index (χ3v) is 5.87. The SMILES string of the molecule is O=C(CN(Cc1c(F)cccc1Cl)C1CC1)N1CCCc2cc([N+](=O)[O-])ccc21. The molecule has 0 radical (unpaired) electrons. The van der Waals surface area contributed by atoms with E-state index in [1.165, 1.54) is 12.1 Å². The van der Waals surface area contributed by atoms with Crippen LogP contribution in [0, 0.1) is 15.9 Å². The number of halogens is 2. The Morgan fingerprint density at radius 2 is 2.10 bits per heavy atom. The second kappa shape index (κ2) is 8.08. The second-order valence-corrected chi connectivity index (χ2v) is 7.96. The van der Waals surface area contributed by atoms with Gasteiger partial charge in [0.15, 0.2) is 0 Å². The molecule has 29 heavy (non-hydrogen) atoms. The molecule has 0 aromatic heterocycles. The van der Waals surface area contributed by atoms with Crippen molar-refractivity contribution in [3.63, 3.8) is 0 Å². The Balaban J connectivity index is 1.53. The normalized spacial score (nSPS) is 16.0. The van der Waals surface area contributed by atoms with Crippen molar-refractivity contribution in [2.45, 2.75) is 38.3 Å². The summed E-state index contributed by atoms with van der Waals surface area (Å²) in [5, 5.41) is 11.4. The molecule has 2 aromatic carbocycles. The summed E-state index contributed by atoms with van der Waals surface area (Å²) in [5.74, 6) is -0.453. The van der Waals surface area contributed by atoms with Gasteiger partial charge in [0.05, 0.1) is 11.5 Å². The van der Waals surface area contributed by atoms with E-state index in [0.717, 1.165) is 30.5 Å². The number of nitro benzene ring substituents is 1. The van der Waals surface area contributed by atoms with Gasteiger partial charge in [0, 0.05) is 47.5 Å². The van der Waals surface area contributed by atoms with E-state index >= 15 is 0 Å². The maximum absolute atomic E-state index is 14.2. The summed E-state index contributed by atoms with van der Waals surface area (Å²) < 4.78 is 14.2. The predicted octanol–water partition coefficient (Wildman–Crippen LogP) is 4.33. The molecule has 6 nitrogen and oxygen atoms in total. The third kappa shape index (κ3) is 4.26. The van der Waals surface area contributed by atoms with Crippen LogP contribution in [0.3, 0.4) is 0 Å². The van der Waals surface area contributed by atoms with Crippen LogP contribution in [-0.4, -0.2) is 34.9 Å². The minimum atomic E-state index is -0.423. The van der Waals surface area contributed by atoms with Crippen LogP contribution in [0.15, 0.2) is 36.4 Å². The molecule has 1 heterocycles.